The van der Waals surface area contributed by atoms with Gasteiger partial charge in [0.1, 0.15) is 5.60 Å². The first kappa shape index (κ1) is 44.6. The monoisotopic (exact) mass is 768 g/mol. The number of carbonyl (C=O) groups excluding carboxylic acids is 1. The molecule has 0 aromatic rings. The van der Waals surface area contributed by atoms with Crippen molar-refractivity contribution in [3.05, 3.63) is 0 Å². The minimum Gasteiger partial charge on any atom is -0.454 e. The number of esters is 1. The van der Waals surface area contributed by atoms with Crippen LogP contribution in [0.5, 0.6) is 0 Å². The highest BCUT2D eigenvalue weighted by molar-refractivity contribution is 5.76. The second-order valence-corrected chi connectivity index (χ2v) is 9.76. The fourth-order valence-electron chi connectivity index (χ4n) is 2.54. The van der Waals surface area contributed by atoms with Crippen LogP contribution < -0.4 is 0 Å². The standard InChI is InChI=1S/C18H10F26O3/c1-6(2,3)46-5(45)9(24,25)47-8(22,23)4(19)7(20,21)10(26,27)11(28,29)12(30,31)13(32,33)14(34,35)15(36,37)16(38,39)17(40,41)18(42,43)44/h4H,1-3H3. The maximum absolute atomic E-state index is 13.8. The van der Waals surface area contributed by atoms with Gasteiger partial charge in [-0.15, -0.1) is 0 Å². The van der Waals surface area contributed by atoms with Crippen LogP contribution >= 0.6 is 0 Å². The van der Waals surface area contributed by atoms with Crippen LogP contribution in [-0.2, 0) is 14.3 Å². The van der Waals surface area contributed by atoms with Crippen LogP contribution in [0, 0.1) is 0 Å². The summed E-state index contributed by atoms with van der Waals surface area (Å²) in [5.74, 6) is -87.0. The van der Waals surface area contributed by atoms with E-state index in [0.717, 1.165) is 0 Å². The van der Waals surface area contributed by atoms with Gasteiger partial charge < -0.3 is 4.74 Å². The van der Waals surface area contributed by atoms with Crippen LogP contribution in [0.15, 0.2) is 0 Å². The number of hydrogen-bond acceptors (Lipinski definition) is 3. The van der Waals surface area contributed by atoms with Crippen LogP contribution in [0.2, 0.25) is 0 Å². The van der Waals surface area contributed by atoms with Crippen LogP contribution in [0.3, 0.4) is 0 Å². The number of hydrogen-bond donors (Lipinski definition) is 0. The molecule has 0 aromatic carbocycles. The molecule has 1 atom stereocenters. The lowest BCUT2D eigenvalue weighted by atomic mass is 9.85. The molecule has 0 N–H and O–H groups in total. The first-order valence-electron chi connectivity index (χ1n) is 10.5. The molecule has 0 amide bonds. The quantitative estimate of drug-likeness (QED) is 0.139. The lowest BCUT2D eigenvalue weighted by Crippen LogP contribution is -2.77. The third kappa shape index (κ3) is 6.52. The molecule has 0 saturated heterocycles. The van der Waals surface area contributed by atoms with Crippen molar-refractivity contribution >= 4 is 5.97 Å². The Hall–Kier alpha value is -2.39. The van der Waals surface area contributed by atoms with Gasteiger partial charge in [-0.1, -0.05) is 0 Å². The maximum Gasteiger partial charge on any atom is 0.460 e. The molecule has 0 aliphatic heterocycles. The van der Waals surface area contributed by atoms with Gasteiger partial charge in [0.05, 0.1) is 0 Å². The van der Waals surface area contributed by atoms with Crippen LogP contribution in [0.1, 0.15) is 20.8 Å². The molecule has 0 heterocycles. The second kappa shape index (κ2) is 11.3. The summed E-state index contributed by atoms with van der Waals surface area (Å²) in [6.07, 6.45) is -29.3. The topological polar surface area (TPSA) is 35.5 Å². The lowest BCUT2D eigenvalue weighted by Gasteiger charge is -2.45. The molecule has 3 nitrogen and oxygen atoms in total. The predicted octanol–water partition coefficient (Wildman–Crippen LogP) is 9.15. The van der Waals surface area contributed by atoms with E-state index < -0.39 is 89.4 Å². The molecule has 282 valence electrons. The largest absolute Gasteiger partial charge is 0.460 e. The molecule has 0 aliphatic rings. The zero-order valence-electron chi connectivity index (χ0n) is 21.6. The number of rotatable bonds is 13. The maximum atomic E-state index is 13.8. The third-order valence-electron chi connectivity index (χ3n) is 5.05. The van der Waals surface area contributed by atoms with E-state index >= 15 is 0 Å². The van der Waals surface area contributed by atoms with E-state index in [1.807, 2.05) is 4.74 Å². The minimum absolute atomic E-state index is 0.645. The van der Waals surface area contributed by atoms with Crippen molar-refractivity contribution in [1.29, 1.82) is 0 Å². The van der Waals surface area contributed by atoms with Gasteiger partial charge in [0, 0.05) is 0 Å². The van der Waals surface area contributed by atoms with Crippen LogP contribution in [-0.4, -0.2) is 89.4 Å². The average molecular weight is 768 g/mol. The molecular formula is C18H10F26O3. The van der Waals surface area contributed by atoms with Gasteiger partial charge in [0.25, 0.3) is 6.17 Å². The van der Waals surface area contributed by atoms with E-state index in [1.165, 1.54) is 0 Å². The fourth-order valence-corrected chi connectivity index (χ4v) is 2.54. The molecule has 0 radical (unpaired) electrons. The smallest absolute Gasteiger partial charge is 0.454 e. The molecular weight excluding hydrogens is 758 g/mol. The molecule has 0 bridgehead atoms. The summed E-state index contributed by atoms with van der Waals surface area (Å²) in [7, 11) is 0. The van der Waals surface area contributed by atoms with E-state index in [0.29, 0.717) is 20.8 Å². The molecule has 0 fully saturated rings. The van der Waals surface area contributed by atoms with Crippen LogP contribution in [0.25, 0.3) is 0 Å². The highest BCUT2D eigenvalue weighted by Gasteiger charge is 2.98. The third-order valence-corrected chi connectivity index (χ3v) is 5.05. The summed E-state index contributed by atoms with van der Waals surface area (Å²) in [5.41, 5.74) is -2.17. The molecule has 1 unspecified atom stereocenters. The zero-order chi connectivity index (χ0) is 39.1. The molecule has 0 rings (SSSR count). The fraction of sp³-hybridized carbons (Fsp3) is 0.944. The number of ether oxygens (including phenoxy) is 2. The van der Waals surface area contributed by atoms with Gasteiger partial charge in [-0.05, 0) is 20.8 Å². The highest BCUT2D eigenvalue weighted by atomic mass is 19.4. The molecule has 0 saturated carbocycles. The average Bonchev–Trinajstić information content (AvgIpc) is 2.79. The Morgan fingerprint density at radius 3 is 0.957 bits per heavy atom. The van der Waals surface area contributed by atoms with E-state index in [2.05, 4.69) is 4.74 Å². The van der Waals surface area contributed by atoms with E-state index in [1.54, 1.807) is 0 Å². The minimum atomic E-state index is -9.66. The SMILES string of the molecule is CC(C)(C)OC(=O)C(F)(F)OC(F)(F)C(F)C(F)(F)C(F)(F)C(F)(F)C(F)(F)C(F)(F)C(F)(F)C(F)(F)C(F)(F)C(F)(F)C(F)(F)F. The van der Waals surface area contributed by atoms with E-state index in [-0.39, 0.29) is 0 Å². The van der Waals surface area contributed by atoms with Gasteiger partial charge in [0.15, 0.2) is 0 Å². The summed E-state index contributed by atoms with van der Waals surface area (Å²) in [6.45, 7) is 1.94. The summed E-state index contributed by atoms with van der Waals surface area (Å²) in [4.78, 5) is 11.1. The predicted molar refractivity (Wildman–Crippen MR) is 92.3 cm³/mol. The normalized spacial score (nSPS) is 17.1. The summed E-state index contributed by atoms with van der Waals surface area (Å²) in [5, 5.41) is 0. The van der Waals surface area contributed by atoms with Gasteiger partial charge in [-0.25, -0.2) is 13.9 Å². The lowest BCUT2D eigenvalue weighted by molar-refractivity contribution is -0.479. The Labute approximate surface area is 240 Å². The Morgan fingerprint density at radius 2 is 0.702 bits per heavy atom. The van der Waals surface area contributed by atoms with Gasteiger partial charge >= 0.3 is 77.7 Å². The summed E-state index contributed by atoms with van der Waals surface area (Å²) in [6, 6.07) is 0. The Kier molecular flexibility index (Phi) is 10.8. The number of alkyl halides is 26. The molecule has 0 aromatic heterocycles. The number of halogens is 26. The second-order valence-electron chi connectivity index (χ2n) is 9.76. The van der Waals surface area contributed by atoms with Crippen molar-refractivity contribution in [2.45, 2.75) is 104 Å². The van der Waals surface area contributed by atoms with Crippen molar-refractivity contribution in [3.8, 4) is 0 Å². The van der Waals surface area contributed by atoms with Crippen molar-refractivity contribution < 1.29 is 128 Å². The first-order chi connectivity index (χ1) is 19.7. The van der Waals surface area contributed by atoms with Gasteiger partial charge in [0.2, 0.25) is 0 Å². The van der Waals surface area contributed by atoms with Crippen LogP contribution in [0.4, 0.5) is 114 Å². The Balaban J connectivity index is 7.11. The first-order valence-corrected chi connectivity index (χ1v) is 10.5. The van der Waals surface area contributed by atoms with E-state index in [4.69, 9.17) is 0 Å². The van der Waals surface area contributed by atoms with Crippen molar-refractivity contribution in [1.82, 2.24) is 0 Å². The number of carbonyl (C=O) groups is 1. The Morgan fingerprint density at radius 1 is 0.447 bits per heavy atom. The van der Waals surface area contributed by atoms with Crippen molar-refractivity contribution in [2.75, 3.05) is 0 Å². The zero-order valence-corrected chi connectivity index (χ0v) is 21.6. The van der Waals surface area contributed by atoms with E-state index in [9.17, 15) is 119 Å². The molecule has 0 aliphatic carbocycles. The molecule has 47 heavy (non-hydrogen) atoms. The summed E-state index contributed by atoms with van der Waals surface area (Å²) >= 11 is 0. The Bertz CT molecular complexity index is 1140. The van der Waals surface area contributed by atoms with Crippen molar-refractivity contribution in [2.24, 2.45) is 0 Å². The molecule has 0 spiro atoms. The van der Waals surface area contributed by atoms with Gasteiger partial charge in [-0.3, -0.25) is 0 Å². The summed E-state index contributed by atoms with van der Waals surface area (Å²) < 4.78 is 353. The van der Waals surface area contributed by atoms with Crippen molar-refractivity contribution in [3.63, 3.8) is 0 Å². The highest BCUT2D eigenvalue weighted by Crippen LogP contribution is 2.66. The van der Waals surface area contributed by atoms with Gasteiger partial charge in [-0.2, -0.15) is 110 Å². The molecule has 29 heteroatoms.